The van der Waals surface area contributed by atoms with Gasteiger partial charge in [0, 0.05) is 24.4 Å². The maximum atomic E-state index is 6.22. The monoisotopic (exact) mass is 742 g/mol. The van der Waals surface area contributed by atoms with Crippen LogP contribution in [-0.4, -0.2) is 13.2 Å². The van der Waals surface area contributed by atoms with Crippen molar-refractivity contribution in [2.24, 2.45) is 0 Å². The first kappa shape index (κ1) is 36.5. The molecule has 3 aromatic heterocycles. The summed E-state index contributed by atoms with van der Waals surface area (Å²) < 4.78 is 12.3. The van der Waals surface area contributed by atoms with E-state index in [1.807, 2.05) is 34.0 Å². The molecule has 4 heterocycles. The van der Waals surface area contributed by atoms with Crippen molar-refractivity contribution in [1.29, 1.82) is 0 Å². The SMILES string of the molecule is CCCCCCc1cc(-c2sc(-c3sc(C)c4c3OCCO4)cc2CCCCCC)sc1-c1ccc(C=C(c2ccccc2)c2ccccc2)cc1. The van der Waals surface area contributed by atoms with E-state index >= 15 is 0 Å². The van der Waals surface area contributed by atoms with Crippen molar-refractivity contribution in [1.82, 2.24) is 0 Å². The van der Waals surface area contributed by atoms with Gasteiger partial charge in [-0.15, -0.1) is 34.0 Å². The number of rotatable bonds is 16. The molecule has 0 saturated heterocycles. The third-order valence-electron chi connectivity index (χ3n) is 9.88. The molecule has 0 saturated carbocycles. The molecule has 0 amide bonds. The molecule has 6 aromatic rings. The van der Waals surface area contributed by atoms with E-state index in [4.69, 9.17) is 9.47 Å². The number of thiophene rings is 3. The molecule has 3 aromatic carbocycles. The molecule has 0 aliphatic carbocycles. The van der Waals surface area contributed by atoms with E-state index < -0.39 is 0 Å². The lowest BCUT2D eigenvalue weighted by atomic mass is 9.95. The zero-order valence-electron chi connectivity index (χ0n) is 30.8. The van der Waals surface area contributed by atoms with Crippen LogP contribution in [0.4, 0.5) is 0 Å². The zero-order valence-corrected chi connectivity index (χ0v) is 33.3. The number of hydrogen-bond acceptors (Lipinski definition) is 5. The minimum atomic E-state index is 0.613. The highest BCUT2D eigenvalue weighted by Crippen LogP contribution is 2.53. The highest BCUT2D eigenvalue weighted by atomic mass is 32.1. The van der Waals surface area contributed by atoms with E-state index in [9.17, 15) is 0 Å². The molecule has 0 spiro atoms. The molecule has 1 aliphatic rings. The third-order valence-corrected chi connectivity index (χ3v) is 13.7. The maximum Gasteiger partial charge on any atom is 0.181 e. The minimum Gasteiger partial charge on any atom is -0.485 e. The Morgan fingerprint density at radius 3 is 1.71 bits per heavy atom. The summed E-state index contributed by atoms with van der Waals surface area (Å²) in [5, 5.41) is 0. The van der Waals surface area contributed by atoms with Gasteiger partial charge in [-0.3, -0.25) is 0 Å². The van der Waals surface area contributed by atoms with E-state index in [0.717, 1.165) is 24.3 Å². The van der Waals surface area contributed by atoms with Gasteiger partial charge in [-0.2, -0.15) is 0 Å². The molecule has 7 rings (SSSR count). The van der Waals surface area contributed by atoms with Crippen molar-refractivity contribution in [3.8, 4) is 41.4 Å². The number of fused-ring (bicyclic) bond motifs is 1. The summed E-state index contributed by atoms with van der Waals surface area (Å²) in [4.78, 5) is 7.99. The predicted molar refractivity (Wildman–Crippen MR) is 228 cm³/mol. The summed E-state index contributed by atoms with van der Waals surface area (Å²) in [6, 6.07) is 35.7. The molecule has 0 bridgehead atoms. The second kappa shape index (κ2) is 17.7. The summed E-state index contributed by atoms with van der Waals surface area (Å²) in [5.74, 6) is 1.89. The first-order valence-electron chi connectivity index (χ1n) is 19.2. The zero-order chi connectivity index (χ0) is 35.7. The molecular formula is C47H50O2S3. The molecular weight excluding hydrogens is 693 g/mol. The molecule has 0 fully saturated rings. The van der Waals surface area contributed by atoms with Gasteiger partial charge in [0.15, 0.2) is 11.5 Å². The van der Waals surface area contributed by atoms with Crippen molar-refractivity contribution in [3.05, 3.63) is 130 Å². The summed E-state index contributed by atoms with van der Waals surface area (Å²) in [6.07, 6.45) is 14.7. The van der Waals surface area contributed by atoms with Gasteiger partial charge < -0.3 is 9.47 Å². The Morgan fingerprint density at radius 2 is 1.12 bits per heavy atom. The first-order valence-corrected chi connectivity index (χ1v) is 21.7. The van der Waals surface area contributed by atoms with Gasteiger partial charge in [-0.05, 0) is 89.8 Å². The molecule has 2 nitrogen and oxygen atoms in total. The third kappa shape index (κ3) is 8.49. The van der Waals surface area contributed by atoms with E-state index in [1.54, 1.807) is 0 Å². The lowest BCUT2D eigenvalue weighted by Gasteiger charge is -2.16. The van der Waals surface area contributed by atoms with Gasteiger partial charge in [-0.1, -0.05) is 137 Å². The van der Waals surface area contributed by atoms with Crippen LogP contribution in [0.15, 0.2) is 97.1 Å². The number of unbranched alkanes of at least 4 members (excludes halogenated alkanes) is 6. The van der Waals surface area contributed by atoms with Crippen LogP contribution in [-0.2, 0) is 12.8 Å². The van der Waals surface area contributed by atoms with E-state index in [2.05, 4.69) is 124 Å². The average molecular weight is 743 g/mol. The minimum absolute atomic E-state index is 0.613. The topological polar surface area (TPSA) is 18.5 Å². The second-order valence-electron chi connectivity index (χ2n) is 13.8. The van der Waals surface area contributed by atoms with Crippen LogP contribution in [0.2, 0.25) is 0 Å². The molecule has 268 valence electrons. The molecule has 1 aliphatic heterocycles. The highest BCUT2D eigenvalue weighted by Gasteiger charge is 2.26. The Labute approximate surface area is 322 Å². The fourth-order valence-corrected chi connectivity index (χ4v) is 10.8. The van der Waals surface area contributed by atoms with Crippen molar-refractivity contribution in [2.45, 2.75) is 85.0 Å². The Morgan fingerprint density at radius 1 is 0.577 bits per heavy atom. The molecule has 0 radical (unpaired) electrons. The Hall–Kier alpha value is -3.90. The van der Waals surface area contributed by atoms with E-state index in [0.29, 0.717) is 13.2 Å². The van der Waals surface area contributed by atoms with Gasteiger partial charge in [0.05, 0.1) is 4.88 Å². The average Bonchev–Trinajstić information content (AvgIpc) is 3.90. The van der Waals surface area contributed by atoms with Crippen molar-refractivity contribution < 1.29 is 9.47 Å². The quantitative estimate of drug-likeness (QED) is 0.0726. The normalized spacial score (nSPS) is 12.3. The van der Waals surface area contributed by atoms with Crippen LogP contribution < -0.4 is 9.47 Å². The van der Waals surface area contributed by atoms with Crippen LogP contribution in [0.5, 0.6) is 11.5 Å². The summed E-state index contributed by atoms with van der Waals surface area (Å²) >= 11 is 5.75. The molecule has 5 heteroatoms. The van der Waals surface area contributed by atoms with Gasteiger partial charge in [0.2, 0.25) is 0 Å². The van der Waals surface area contributed by atoms with Crippen molar-refractivity contribution >= 4 is 45.7 Å². The van der Waals surface area contributed by atoms with E-state index in [-0.39, 0.29) is 0 Å². The fourth-order valence-electron chi connectivity index (χ4n) is 7.11. The number of hydrogen-bond donors (Lipinski definition) is 0. The van der Waals surface area contributed by atoms with Gasteiger partial charge in [-0.25, -0.2) is 0 Å². The number of benzene rings is 3. The fraction of sp³-hybridized carbons (Fsp3) is 0.319. The standard InChI is InChI=1S/C47H50O2S3/c1-4-6-8-12-22-38-31-41(46-39(23-13-9-7-5-2)32-42(52-46)47-44-43(33(3)50-47)48-28-29-49-44)51-45(38)37-26-24-34(25-27-37)30-40(35-18-14-10-15-19-35)36-20-16-11-17-21-36/h10-11,14-21,24-27,30-32H,4-9,12-13,22-23,28-29H2,1-3H3. The van der Waals surface area contributed by atoms with Crippen LogP contribution in [0.25, 0.3) is 41.6 Å². The maximum absolute atomic E-state index is 6.22. The van der Waals surface area contributed by atoms with Crippen LogP contribution in [0.3, 0.4) is 0 Å². The van der Waals surface area contributed by atoms with Crippen LogP contribution in [0, 0.1) is 6.92 Å². The number of ether oxygens (including phenoxy) is 2. The molecule has 52 heavy (non-hydrogen) atoms. The Balaban J connectivity index is 1.25. The predicted octanol–water partition coefficient (Wildman–Crippen LogP) is 14.8. The van der Waals surface area contributed by atoms with Crippen LogP contribution >= 0.6 is 34.0 Å². The summed E-state index contributed by atoms with van der Waals surface area (Å²) in [5.41, 5.74) is 9.19. The smallest absolute Gasteiger partial charge is 0.181 e. The largest absolute Gasteiger partial charge is 0.485 e. The Kier molecular flexibility index (Phi) is 12.4. The van der Waals surface area contributed by atoms with E-state index in [1.165, 1.54) is 120 Å². The van der Waals surface area contributed by atoms with Crippen LogP contribution in [0.1, 0.15) is 97.9 Å². The molecule has 0 atom stereocenters. The second-order valence-corrected chi connectivity index (χ2v) is 17.1. The summed E-state index contributed by atoms with van der Waals surface area (Å²) in [7, 11) is 0. The number of aryl methyl sites for hydroxylation is 3. The lowest BCUT2D eigenvalue weighted by Crippen LogP contribution is -2.14. The molecule has 0 N–H and O–H groups in total. The highest BCUT2D eigenvalue weighted by molar-refractivity contribution is 7.27. The molecule has 0 unspecified atom stereocenters. The van der Waals surface area contributed by atoms with Gasteiger partial charge in [0.1, 0.15) is 13.2 Å². The van der Waals surface area contributed by atoms with Gasteiger partial charge >= 0.3 is 0 Å². The van der Waals surface area contributed by atoms with Crippen molar-refractivity contribution in [3.63, 3.8) is 0 Å². The van der Waals surface area contributed by atoms with Crippen molar-refractivity contribution in [2.75, 3.05) is 13.2 Å². The van der Waals surface area contributed by atoms with Gasteiger partial charge in [0.25, 0.3) is 0 Å². The Bertz CT molecular complexity index is 2020. The first-order chi connectivity index (χ1) is 25.6. The summed E-state index contributed by atoms with van der Waals surface area (Å²) in [6.45, 7) is 7.98. The lowest BCUT2D eigenvalue weighted by molar-refractivity contribution is 0.173.